The molecule has 1 fully saturated rings. The number of anilines is 2. The molecule has 3 rings (SSSR count). The molecule has 0 saturated heterocycles. The molecule has 6 heteroatoms. The van der Waals surface area contributed by atoms with Crippen molar-refractivity contribution in [3.8, 4) is 11.8 Å². The zero-order valence-electron chi connectivity index (χ0n) is 15.0. The molecular formula is C19H25N3O3. The van der Waals surface area contributed by atoms with Crippen LogP contribution in [0.1, 0.15) is 40.0 Å². The maximum absolute atomic E-state index is 11.9. The summed E-state index contributed by atoms with van der Waals surface area (Å²) in [5, 5.41) is 15.3. The Balaban J connectivity index is 1.59. The van der Waals surface area contributed by atoms with E-state index in [0.717, 1.165) is 30.7 Å². The lowest BCUT2D eigenvalue weighted by Gasteiger charge is -2.29. The van der Waals surface area contributed by atoms with Crippen LogP contribution in [0, 0.1) is 23.2 Å². The molecule has 1 aliphatic carbocycles. The van der Waals surface area contributed by atoms with E-state index in [4.69, 9.17) is 9.47 Å². The van der Waals surface area contributed by atoms with Crippen molar-refractivity contribution in [3.63, 3.8) is 0 Å². The molecule has 1 aliphatic heterocycles. The number of carbonyl (C=O) groups is 1. The summed E-state index contributed by atoms with van der Waals surface area (Å²) in [5.74, 6) is 1.38. The summed E-state index contributed by atoms with van der Waals surface area (Å²) in [6.45, 7) is 6.13. The van der Waals surface area contributed by atoms with Crippen LogP contribution in [0.3, 0.4) is 0 Å². The van der Waals surface area contributed by atoms with E-state index in [1.165, 1.54) is 0 Å². The fourth-order valence-electron chi connectivity index (χ4n) is 2.98. The summed E-state index contributed by atoms with van der Waals surface area (Å²) in [5.41, 5.74) is 0.950. The second-order valence-electron chi connectivity index (χ2n) is 7.77. The maximum atomic E-state index is 11.9. The zero-order chi connectivity index (χ0) is 18.0. The fourth-order valence-corrected chi connectivity index (χ4v) is 2.98. The Morgan fingerprint density at radius 2 is 2.24 bits per heavy atom. The van der Waals surface area contributed by atoms with Crippen molar-refractivity contribution in [2.24, 2.45) is 11.8 Å². The molecule has 134 valence electrons. The van der Waals surface area contributed by atoms with Crippen LogP contribution in [0.15, 0.2) is 18.2 Å². The Morgan fingerprint density at radius 1 is 1.48 bits per heavy atom. The van der Waals surface area contributed by atoms with Crippen LogP contribution >= 0.6 is 0 Å². The Labute approximate surface area is 148 Å². The summed E-state index contributed by atoms with van der Waals surface area (Å²) in [6, 6.07) is 7.87. The first-order chi connectivity index (χ1) is 11.8. The number of nitriles is 1. The zero-order valence-corrected chi connectivity index (χ0v) is 15.0. The van der Waals surface area contributed by atoms with Gasteiger partial charge in [0.15, 0.2) is 0 Å². The van der Waals surface area contributed by atoms with E-state index in [-0.39, 0.29) is 12.0 Å². The van der Waals surface area contributed by atoms with E-state index in [0.29, 0.717) is 18.2 Å². The van der Waals surface area contributed by atoms with Crippen LogP contribution in [0.5, 0.6) is 5.75 Å². The number of ether oxygens (including phenoxy) is 2. The molecule has 0 spiro atoms. The molecule has 1 saturated carbocycles. The predicted molar refractivity (Wildman–Crippen MR) is 95.6 cm³/mol. The van der Waals surface area contributed by atoms with E-state index >= 15 is 0 Å². The van der Waals surface area contributed by atoms with Crippen LogP contribution in [0.25, 0.3) is 0 Å². The number of nitrogens with zero attached hydrogens (tertiary/aromatic N) is 1. The van der Waals surface area contributed by atoms with Gasteiger partial charge in [-0.05, 0) is 57.7 Å². The van der Waals surface area contributed by atoms with Crippen molar-refractivity contribution in [1.82, 2.24) is 0 Å². The maximum Gasteiger partial charge on any atom is 0.412 e. The normalized spacial score (nSPS) is 20.3. The fraction of sp³-hybridized carbons (Fsp3) is 0.579. The molecule has 1 amide bonds. The molecule has 0 radical (unpaired) electrons. The lowest BCUT2D eigenvalue weighted by molar-refractivity contribution is 0.0636. The largest absolute Gasteiger partial charge is 0.486 e. The van der Waals surface area contributed by atoms with Crippen LogP contribution in [0.4, 0.5) is 16.2 Å². The second-order valence-corrected chi connectivity index (χ2v) is 7.77. The molecule has 6 nitrogen and oxygen atoms in total. The van der Waals surface area contributed by atoms with Crippen LogP contribution < -0.4 is 15.4 Å². The Morgan fingerprint density at radius 3 is 2.88 bits per heavy atom. The standard InChI is InChI=1S/C19H25N3O3/c1-19(2,3)25-18(23)22-14-6-7-17-16(9-14)21-11-15(24-17)8-13(10-20)12-4-5-12/h6-7,9,12-13,15,21H,4-5,8,11H2,1-3H3,(H,22,23). The lowest BCUT2D eigenvalue weighted by atomic mass is 9.97. The molecular weight excluding hydrogens is 318 g/mol. The highest BCUT2D eigenvalue weighted by Crippen LogP contribution is 2.40. The molecule has 1 aromatic rings. The summed E-state index contributed by atoms with van der Waals surface area (Å²) in [7, 11) is 0. The third kappa shape index (κ3) is 4.79. The van der Waals surface area contributed by atoms with Gasteiger partial charge in [0.1, 0.15) is 17.5 Å². The van der Waals surface area contributed by atoms with E-state index in [1.807, 2.05) is 32.9 Å². The number of rotatable bonds is 4. The van der Waals surface area contributed by atoms with Crippen molar-refractivity contribution >= 4 is 17.5 Å². The highest BCUT2D eigenvalue weighted by atomic mass is 16.6. The number of hydrogen-bond acceptors (Lipinski definition) is 5. The van der Waals surface area contributed by atoms with E-state index < -0.39 is 11.7 Å². The van der Waals surface area contributed by atoms with Gasteiger partial charge >= 0.3 is 6.09 Å². The van der Waals surface area contributed by atoms with Crippen LogP contribution in [-0.2, 0) is 4.74 Å². The number of fused-ring (bicyclic) bond motifs is 1. The van der Waals surface area contributed by atoms with Crippen LogP contribution in [-0.4, -0.2) is 24.3 Å². The van der Waals surface area contributed by atoms with Crippen molar-refractivity contribution in [1.29, 1.82) is 5.26 Å². The number of benzene rings is 1. The molecule has 25 heavy (non-hydrogen) atoms. The minimum absolute atomic E-state index is 0.00224. The first-order valence-corrected chi connectivity index (χ1v) is 8.78. The number of amides is 1. The highest BCUT2D eigenvalue weighted by molar-refractivity contribution is 5.86. The molecule has 1 heterocycles. The van der Waals surface area contributed by atoms with Crippen molar-refractivity contribution in [2.45, 2.75) is 51.7 Å². The van der Waals surface area contributed by atoms with Gasteiger partial charge in [-0.3, -0.25) is 5.32 Å². The summed E-state index contributed by atoms with van der Waals surface area (Å²) in [6.07, 6.45) is 2.60. The number of nitrogens with one attached hydrogen (secondary N) is 2. The molecule has 1 aromatic carbocycles. The minimum Gasteiger partial charge on any atom is -0.486 e. The van der Waals surface area contributed by atoms with Crippen molar-refractivity contribution in [3.05, 3.63) is 18.2 Å². The smallest absolute Gasteiger partial charge is 0.412 e. The SMILES string of the molecule is CC(C)(C)OC(=O)Nc1ccc2c(c1)NCC(CC(C#N)C1CC1)O2. The van der Waals surface area contributed by atoms with Gasteiger partial charge in [0.25, 0.3) is 0 Å². The molecule has 2 unspecified atom stereocenters. The monoisotopic (exact) mass is 343 g/mol. The van der Waals surface area contributed by atoms with Gasteiger partial charge < -0.3 is 14.8 Å². The summed E-state index contributed by atoms with van der Waals surface area (Å²) in [4.78, 5) is 11.9. The Bertz CT molecular complexity index is 686. The molecule has 2 aliphatic rings. The molecule has 2 atom stereocenters. The lowest BCUT2D eigenvalue weighted by Crippen LogP contribution is -2.33. The first kappa shape index (κ1) is 17.4. The first-order valence-electron chi connectivity index (χ1n) is 8.78. The van der Waals surface area contributed by atoms with Gasteiger partial charge in [-0.25, -0.2) is 4.79 Å². The minimum atomic E-state index is -0.536. The molecule has 0 aromatic heterocycles. The van der Waals surface area contributed by atoms with Gasteiger partial charge in [-0.15, -0.1) is 0 Å². The van der Waals surface area contributed by atoms with Crippen LogP contribution in [0.2, 0.25) is 0 Å². The number of hydrogen-bond donors (Lipinski definition) is 2. The highest BCUT2D eigenvalue weighted by Gasteiger charge is 2.34. The van der Waals surface area contributed by atoms with E-state index in [2.05, 4.69) is 16.7 Å². The second kappa shape index (κ2) is 6.83. The third-order valence-electron chi connectivity index (χ3n) is 4.31. The van der Waals surface area contributed by atoms with Crippen molar-refractivity contribution < 1.29 is 14.3 Å². The Hall–Kier alpha value is -2.42. The quantitative estimate of drug-likeness (QED) is 0.858. The van der Waals surface area contributed by atoms with Crippen molar-refractivity contribution in [2.75, 3.05) is 17.2 Å². The summed E-state index contributed by atoms with van der Waals surface area (Å²) < 4.78 is 11.3. The topological polar surface area (TPSA) is 83.4 Å². The predicted octanol–water partition coefficient (Wildman–Crippen LogP) is 4.15. The molecule has 2 N–H and O–H groups in total. The molecule has 0 bridgehead atoms. The average molecular weight is 343 g/mol. The van der Waals surface area contributed by atoms with Gasteiger partial charge in [0.2, 0.25) is 0 Å². The summed E-state index contributed by atoms with van der Waals surface area (Å²) >= 11 is 0. The van der Waals surface area contributed by atoms with Gasteiger partial charge in [0, 0.05) is 12.1 Å². The van der Waals surface area contributed by atoms with E-state index in [1.54, 1.807) is 6.07 Å². The average Bonchev–Trinajstić information content (AvgIpc) is 3.35. The third-order valence-corrected chi connectivity index (χ3v) is 4.31. The van der Waals surface area contributed by atoms with Gasteiger partial charge in [0.05, 0.1) is 24.2 Å². The van der Waals surface area contributed by atoms with Gasteiger partial charge in [-0.1, -0.05) is 0 Å². The van der Waals surface area contributed by atoms with E-state index in [9.17, 15) is 10.1 Å². The Kier molecular flexibility index (Phi) is 4.76. The van der Waals surface area contributed by atoms with Gasteiger partial charge in [-0.2, -0.15) is 5.26 Å². The number of carbonyl (C=O) groups excluding carboxylic acids is 1.